The van der Waals surface area contributed by atoms with Crippen molar-refractivity contribution in [2.45, 2.75) is 31.5 Å². The number of nitrogens with one attached hydrogen (secondary N) is 1. The summed E-state index contributed by atoms with van der Waals surface area (Å²) in [5.74, 6) is 1.91. The van der Waals surface area contributed by atoms with Gasteiger partial charge in [0, 0.05) is 31.5 Å². The van der Waals surface area contributed by atoms with Gasteiger partial charge in [-0.3, -0.25) is 0 Å². The van der Waals surface area contributed by atoms with E-state index < -0.39 is 6.10 Å². The van der Waals surface area contributed by atoms with Gasteiger partial charge in [-0.15, -0.1) is 0 Å². The van der Waals surface area contributed by atoms with E-state index >= 15 is 0 Å². The fraction of sp³-hybridized carbons (Fsp3) is 0.412. The van der Waals surface area contributed by atoms with Crippen LogP contribution in [0.2, 0.25) is 0 Å². The summed E-state index contributed by atoms with van der Waals surface area (Å²) in [7, 11) is 1.78. The molecule has 0 amide bonds. The zero-order chi connectivity index (χ0) is 17.2. The van der Waals surface area contributed by atoms with Gasteiger partial charge in [0.15, 0.2) is 0 Å². The lowest BCUT2D eigenvalue weighted by Crippen LogP contribution is -2.29. The predicted octanol–water partition coefficient (Wildman–Crippen LogP) is 1.33. The lowest BCUT2D eigenvalue weighted by molar-refractivity contribution is 0.166. The summed E-state index contributed by atoms with van der Waals surface area (Å²) in [6.45, 7) is 0.830. The molecule has 4 rings (SSSR count). The minimum Gasteiger partial charge on any atom is -0.391 e. The van der Waals surface area contributed by atoms with Crippen LogP contribution in [-0.2, 0) is 13.6 Å². The maximum absolute atomic E-state index is 10.4. The van der Waals surface area contributed by atoms with Crippen LogP contribution >= 0.6 is 0 Å². The van der Waals surface area contributed by atoms with Crippen molar-refractivity contribution in [2.75, 3.05) is 5.32 Å². The number of rotatable bonds is 5. The summed E-state index contributed by atoms with van der Waals surface area (Å²) >= 11 is 0. The smallest absolute Gasteiger partial charge is 0.242 e. The molecule has 25 heavy (non-hydrogen) atoms. The lowest BCUT2D eigenvalue weighted by atomic mass is 10.1. The van der Waals surface area contributed by atoms with Crippen molar-refractivity contribution in [1.29, 1.82) is 0 Å². The molecule has 8 heteroatoms. The van der Waals surface area contributed by atoms with Crippen LogP contribution < -0.4 is 5.32 Å². The Morgan fingerprint density at radius 2 is 2.08 bits per heavy atom. The average molecular weight is 339 g/mol. The van der Waals surface area contributed by atoms with Gasteiger partial charge in [-0.2, -0.15) is 0 Å². The van der Waals surface area contributed by atoms with Crippen molar-refractivity contribution < 1.29 is 5.11 Å². The van der Waals surface area contributed by atoms with Gasteiger partial charge in [-0.25, -0.2) is 9.67 Å². The third-order valence-electron chi connectivity index (χ3n) is 4.76. The Labute approximate surface area is 145 Å². The van der Waals surface area contributed by atoms with Crippen molar-refractivity contribution in [1.82, 2.24) is 29.8 Å². The van der Waals surface area contributed by atoms with Crippen LogP contribution in [0.15, 0.2) is 42.7 Å². The molecule has 1 saturated carbocycles. The van der Waals surface area contributed by atoms with Crippen LogP contribution in [0, 0.1) is 5.92 Å². The number of aryl methyl sites for hydroxylation is 1. The maximum atomic E-state index is 10.4. The highest BCUT2D eigenvalue weighted by molar-refractivity contribution is 5.55. The van der Waals surface area contributed by atoms with Crippen LogP contribution in [0.1, 0.15) is 12.8 Å². The van der Waals surface area contributed by atoms with Gasteiger partial charge in [0.1, 0.15) is 5.82 Å². The highest BCUT2D eigenvalue weighted by Gasteiger charge is 2.34. The summed E-state index contributed by atoms with van der Waals surface area (Å²) in [5, 5.41) is 25.0. The van der Waals surface area contributed by atoms with E-state index in [4.69, 9.17) is 0 Å². The summed E-state index contributed by atoms with van der Waals surface area (Å²) in [6, 6.07) is 10.1. The Bertz CT molecular complexity index is 828. The molecule has 8 nitrogen and oxygen atoms in total. The van der Waals surface area contributed by atoms with Crippen molar-refractivity contribution >= 4 is 5.95 Å². The highest BCUT2D eigenvalue weighted by atomic mass is 16.3. The molecule has 1 aliphatic rings. The second kappa shape index (κ2) is 6.64. The third kappa shape index (κ3) is 3.25. The maximum Gasteiger partial charge on any atom is 0.242 e. The predicted molar refractivity (Wildman–Crippen MR) is 92.6 cm³/mol. The molecule has 0 aliphatic heterocycles. The number of imidazole rings is 1. The van der Waals surface area contributed by atoms with Gasteiger partial charge in [0.05, 0.1) is 12.1 Å². The Kier molecular flexibility index (Phi) is 4.19. The molecule has 2 heterocycles. The Morgan fingerprint density at radius 1 is 1.24 bits per heavy atom. The van der Waals surface area contributed by atoms with E-state index in [2.05, 4.69) is 42.5 Å². The number of aliphatic hydroxyl groups excluding tert-OH is 1. The zero-order valence-electron chi connectivity index (χ0n) is 14.0. The first-order valence-electron chi connectivity index (χ1n) is 8.44. The number of aromatic nitrogens is 6. The molecule has 1 unspecified atom stereocenters. The van der Waals surface area contributed by atoms with E-state index in [9.17, 15) is 5.11 Å². The molecule has 3 aromatic rings. The zero-order valence-corrected chi connectivity index (χ0v) is 14.0. The Morgan fingerprint density at radius 3 is 2.84 bits per heavy atom. The first kappa shape index (κ1) is 15.8. The highest BCUT2D eigenvalue weighted by Crippen LogP contribution is 2.30. The first-order chi connectivity index (χ1) is 12.2. The molecule has 2 N–H and O–H groups in total. The molecular weight excluding hydrogens is 318 g/mol. The summed E-state index contributed by atoms with van der Waals surface area (Å²) in [6.07, 6.45) is 5.03. The van der Waals surface area contributed by atoms with Crippen LogP contribution in [0.5, 0.6) is 0 Å². The molecule has 3 atom stereocenters. The third-order valence-corrected chi connectivity index (χ3v) is 4.76. The van der Waals surface area contributed by atoms with E-state index in [-0.39, 0.29) is 6.04 Å². The van der Waals surface area contributed by atoms with Gasteiger partial charge >= 0.3 is 0 Å². The molecule has 2 aromatic heterocycles. The average Bonchev–Trinajstić information content (AvgIpc) is 3.32. The normalized spacial score (nSPS) is 23.0. The number of benzene rings is 1. The molecular formula is C17H21N7O. The molecule has 1 fully saturated rings. The fourth-order valence-electron chi connectivity index (χ4n) is 3.52. The van der Waals surface area contributed by atoms with Gasteiger partial charge in [-0.05, 0) is 29.2 Å². The molecule has 1 aromatic carbocycles. The van der Waals surface area contributed by atoms with Crippen molar-refractivity contribution in [3.63, 3.8) is 0 Å². The van der Waals surface area contributed by atoms with E-state index in [1.807, 2.05) is 30.6 Å². The van der Waals surface area contributed by atoms with Crippen molar-refractivity contribution in [3.8, 4) is 11.4 Å². The molecule has 0 radical (unpaired) electrons. The Balaban J connectivity index is 1.45. The molecule has 0 saturated heterocycles. The Hall–Kier alpha value is -2.74. The second-order valence-corrected chi connectivity index (χ2v) is 6.55. The minimum atomic E-state index is -0.412. The number of anilines is 1. The van der Waals surface area contributed by atoms with E-state index in [1.165, 1.54) is 0 Å². The lowest BCUT2D eigenvalue weighted by Gasteiger charge is -2.16. The van der Waals surface area contributed by atoms with Crippen LogP contribution in [0.25, 0.3) is 11.4 Å². The fourth-order valence-corrected chi connectivity index (χ4v) is 3.52. The summed E-state index contributed by atoms with van der Waals surface area (Å²) in [4.78, 5) is 4.49. The monoisotopic (exact) mass is 339 g/mol. The van der Waals surface area contributed by atoms with E-state index in [1.54, 1.807) is 11.7 Å². The van der Waals surface area contributed by atoms with E-state index in [0.29, 0.717) is 11.9 Å². The van der Waals surface area contributed by atoms with Gasteiger partial charge < -0.3 is 15.0 Å². The summed E-state index contributed by atoms with van der Waals surface area (Å²) < 4.78 is 3.74. The topological polar surface area (TPSA) is 93.7 Å². The number of aliphatic hydroxyl groups is 1. The standard InChI is InChI=1S/C17H21N7O/c1-23-17(20-21-22-23)19-14-9-12(10-15(14)25)11-24-8-7-18-16(24)13-5-3-2-4-6-13/h2-8,12,14-15,25H,9-11H2,1H3,(H,19,20,22)/t12?,14-,15-/m1/s1. The van der Waals surface area contributed by atoms with Crippen LogP contribution in [-0.4, -0.2) is 47.0 Å². The quantitative estimate of drug-likeness (QED) is 0.728. The van der Waals surface area contributed by atoms with E-state index in [0.717, 1.165) is 30.8 Å². The molecule has 0 spiro atoms. The largest absolute Gasteiger partial charge is 0.391 e. The SMILES string of the molecule is Cn1nnnc1N[C@@H]1CC(Cn2ccnc2-c2ccccc2)C[C@H]1O. The van der Waals surface area contributed by atoms with Crippen molar-refractivity contribution in [2.24, 2.45) is 13.0 Å². The number of nitrogens with zero attached hydrogens (tertiary/aromatic N) is 6. The van der Waals surface area contributed by atoms with Gasteiger partial charge in [0.25, 0.3) is 0 Å². The number of tetrazole rings is 1. The molecule has 1 aliphatic carbocycles. The molecule has 130 valence electrons. The minimum absolute atomic E-state index is 0.0432. The van der Waals surface area contributed by atoms with Crippen molar-refractivity contribution in [3.05, 3.63) is 42.7 Å². The number of hydrogen-bond acceptors (Lipinski definition) is 6. The van der Waals surface area contributed by atoms with Gasteiger partial charge in [0.2, 0.25) is 5.95 Å². The van der Waals surface area contributed by atoms with Crippen LogP contribution in [0.4, 0.5) is 5.95 Å². The summed E-state index contributed by atoms with van der Waals surface area (Å²) in [5.41, 5.74) is 1.10. The second-order valence-electron chi connectivity index (χ2n) is 6.55. The van der Waals surface area contributed by atoms with Gasteiger partial charge in [-0.1, -0.05) is 35.4 Å². The molecule has 0 bridgehead atoms. The first-order valence-corrected chi connectivity index (χ1v) is 8.44. The number of hydrogen-bond donors (Lipinski definition) is 2. The van der Waals surface area contributed by atoms with Crippen LogP contribution in [0.3, 0.4) is 0 Å².